The van der Waals surface area contributed by atoms with Crippen LogP contribution < -0.4 is 0 Å². The van der Waals surface area contributed by atoms with Gasteiger partial charge in [0.1, 0.15) is 0 Å². The van der Waals surface area contributed by atoms with Crippen LogP contribution in [-0.4, -0.2) is 0 Å². The van der Waals surface area contributed by atoms with Gasteiger partial charge in [0, 0.05) is 40.3 Å². The molecule has 2 heterocycles. The van der Waals surface area contributed by atoms with Gasteiger partial charge in [-0.3, -0.25) is 0 Å². The lowest BCUT2D eigenvalue weighted by Crippen LogP contribution is -1.85. The highest BCUT2D eigenvalue weighted by Gasteiger charge is 2.18. The molecule has 0 aliphatic carbocycles. The second-order valence-electron chi connectivity index (χ2n) is 14.7. The van der Waals surface area contributed by atoms with Gasteiger partial charge in [-0.05, 0) is 103 Å². The van der Waals surface area contributed by atoms with E-state index in [4.69, 9.17) is 0 Å². The van der Waals surface area contributed by atoms with Gasteiger partial charge >= 0.3 is 0 Å². The van der Waals surface area contributed by atoms with Crippen LogP contribution in [0.15, 0.2) is 182 Å². The minimum atomic E-state index is 1.24. The molecule has 0 aliphatic rings. The summed E-state index contributed by atoms with van der Waals surface area (Å²) in [6, 6.07) is 61.1. The summed E-state index contributed by atoms with van der Waals surface area (Å²) >= 11 is 3.84. The minimum absolute atomic E-state index is 1.24. The van der Waals surface area contributed by atoms with E-state index in [-0.39, 0.29) is 0 Å². The van der Waals surface area contributed by atoms with Crippen LogP contribution in [0.3, 0.4) is 0 Å². The third-order valence-electron chi connectivity index (χ3n) is 11.6. The van der Waals surface area contributed by atoms with E-state index in [1.54, 1.807) is 0 Å². The Morgan fingerprint density at radius 3 is 1.32 bits per heavy atom. The molecule has 0 amide bonds. The molecule has 56 heavy (non-hydrogen) atoms. The van der Waals surface area contributed by atoms with Gasteiger partial charge < -0.3 is 0 Å². The van der Waals surface area contributed by atoms with Gasteiger partial charge in [0.05, 0.1) is 0 Å². The lowest BCUT2D eigenvalue weighted by Gasteiger charge is -2.12. The second-order valence-corrected chi connectivity index (χ2v) is 16.8. The molecule has 0 N–H and O–H groups in total. The number of rotatable bonds is 5. The van der Waals surface area contributed by atoms with Crippen LogP contribution in [0.2, 0.25) is 0 Å². The Labute approximate surface area is 333 Å². The van der Waals surface area contributed by atoms with Gasteiger partial charge in [0.15, 0.2) is 0 Å². The molecule has 0 fully saturated rings. The topological polar surface area (TPSA) is 0 Å². The lowest BCUT2D eigenvalue weighted by molar-refractivity contribution is 1.63. The summed E-state index contributed by atoms with van der Waals surface area (Å²) in [5.74, 6) is 0. The van der Waals surface area contributed by atoms with Crippen LogP contribution in [0.1, 0.15) is 19.4 Å². The van der Waals surface area contributed by atoms with E-state index >= 15 is 0 Å². The molecule has 11 rings (SSSR count). The quantitative estimate of drug-likeness (QED) is 0.121. The lowest BCUT2D eigenvalue weighted by atomic mass is 9.92. The van der Waals surface area contributed by atoms with E-state index in [1.165, 1.54) is 117 Å². The Kier molecular flexibility index (Phi) is 7.77. The average Bonchev–Trinajstić information content (AvgIpc) is 3.84. The first-order valence-electron chi connectivity index (χ1n) is 19.3. The minimum Gasteiger partial charge on any atom is -0.134 e. The Morgan fingerprint density at radius 2 is 0.786 bits per heavy atom. The van der Waals surface area contributed by atoms with E-state index in [2.05, 4.69) is 196 Å². The first kappa shape index (κ1) is 33.1. The fourth-order valence-electron chi connectivity index (χ4n) is 8.89. The maximum absolute atomic E-state index is 2.42. The zero-order valence-electron chi connectivity index (χ0n) is 31.1. The Balaban J connectivity index is 1.06. The standard InChI is InChI=1S/C54H36S2/c1-3-4-14-33(2)37-21-10-25-46-47-26-11-22-38(52(47)55-51(37)46)34-15-9-16-35(31-34)39-23-12-27-48-49-28-13-24-40(54(49)56-53(39)48)36-29-30-45-43-19-6-5-17-41(43)42-18-7-8-20-44(42)50(45)32-36/h3-32H,1-2H3/b4-3-,33-14+. The molecule has 0 spiro atoms. The molecule has 0 saturated heterocycles. The smallest absolute Gasteiger partial charge is 0.0434 e. The number of hydrogen-bond donors (Lipinski definition) is 0. The van der Waals surface area contributed by atoms with Crippen molar-refractivity contribution >= 4 is 101 Å². The summed E-state index contributed by atoms with van der Waals surface area (Å²) in [5.41, 5.74) is 10.2. The maximum atomic E-state index is 2.42. The molecule has 0 bridgehead atoms. The van der Waals surface area contributed by atoms with E-state index < -0.39 is 0 Å². The van der Waals surface area contributed by atoms with Crippen molar-refractivity contribution in [2.75, 3.05) is 0 Å². The molecule has 264 valence electrons. The van der Waals surface area contributed by atoms with E-state index in [0.29, 0.717) is 0 Å². The molecule has 9 aromatic carbocycles. The predicted octanol–water partition coefficient (Wildman–Crippen LogP) is 16.9. The van der Waals surface area contributed by atoms with Crippen molar-refractivity contribution in [3.05, 3.63) is 188 Å². The largest absolute Gasteiger partial charge is 0.134 e. The number of thiophene rings is 2. The van der Waals surface area contributed by atoms with Gasteiger partial charge in [-0.15, -0.1) is 22.7 Å². The summed E-state index contributed by atoms with van der Waals surface area (Å²) in [4.78, 5) is 0. The second kappa shape index (κ2) is 13.2. The normalized spacial score (nSPS) is 12.5. The fraction of sp³-hybridized carbons (Fsp3) is 0.0370. The van der Waals surface area contributed by atoms with Crippen LogP contribution in [0, 0.1) is 0 Å². The van der Waals surface area contributed by atoms with Crippen molar-refractivity contribution in [1.29, 1.82) is 0 Å². The van der Waals surface area contributed by atoms with Crippen LogP contribution in [0.5, 0.6) is 0 Å². The van der Waals surface area contributed by atoms with Crippen molar-refractivity contribution in [2.45, 2.75) is 13.8 Å². The third kappa shape index (κ3) is 5.10. The molecule has 0 radical (unpaired) electrons. The van der Waals surface area contributed by atoms with Gasteiger partial charge in [0.2, 0.25) is 0 Å². The van der Waals surface area contributed by atoms with Crippen LogP contribution in [0.4, 0.5) is 0 Å². The van der Waals surface area contributed by atoms with Crippen molar-refractivity contribution in [1.82, 2.24) is 0 Å². The number of hydrogen-bond acceptors (Lipinski definition) is 2. The van der Waals surface area contributed by atoms with Gasteiger partial charge in [-0.2, -0.15) is 0 Å². The number of allylic oxidation sites excluding steroid dienone is 4. The van der Waals surface area contributed by atoms with Crippen LogP contribution in [0.25, 0.3) is 112 Å². The summed E-state index contributed by atoms with van der Waals surface area (Å²) in [7, 11) is 0. The maximum Gasteiger partial charge on any atom is 0.0434 e. The first-order chi connectivity index (χ1) is 27.7. The van der Waals surface area contributed by atoms with Crippen molar-refractivity contribution in [3.8, 4) is 33.4 Å². The summed E-state index contributed by atoms with van der Waals surface area (Å²) in [6.45, 7) is 4.28. The van der Waals surface area contributed by atoms with Crippen molar-refractivity contribution in [3.63, 3.8) is 0 Å². The highest BCUT2D eigenvalue weighted by molar-refractivity contribution is 7.27. The fourth-order valence-corrected chi connectivity index (χ4v) is 11.7. The predicted molar refractivity (Wildman–Crippen MR) is 250 cm³/mol. The highest BCUT2D eigenvalue weighted by Crippen LogP contribution is 2.47. The van der Waals surface area contributed by atoms with E-state index in [0.717, 1.165) is 0 Å². The van der Waals surface area contributed by atoms with Crippen LogP contribution >= 0.6 is 22.7 Å². The molecule has 2 heteroatoms. The Morgan fingerprint density at radius 1 is 0.375 bits per heavy atom. The van der Waals surface area contributed by atoms with Gasteiger partial charge in [-0.1, -0.05) is 170 Å². The molecule has 0 unspecified atom stereocenters. The molecule has 0 aliphatic heterocycles. The van der Waals surface area contributed by atoms with Gasteiger partial charge in [-0.25, -0.2) is 0 Å². The first-order valence-corrected chi connectivity index (χ1v) is 20.9. The van der Waals surface area contributed by atoms with Crippen molar-refractivity contribution in [2.24, 2.45) is 0 Å². The third-order valence-corrected chi connectivity index (χ3v) is 14.1. The molecular weight excluding hydrogens is 713 g/mol. The highest BCUT2D eigenvalue weighted by atomic mass is 32.1. The Bertz CT molecular complexity index is 3410. The van der Waals surface area contributed by atoms with Crippen LogP contribution in [-0.2, 0) is 0 Å². The molecule has 2 aromatic heterocycles. The molecule has 11 aromatic rings. The summed E-state index contributed by atoms with van der Waals surface area (Å²) in [6.07, 6.45) is 6.43. The molecule has 0 atom stereocenters. The van der Waals surface area contributed by atoms with Gasteiger partial charge in [0.25, 0.3) is 0 Å². The Hall–Kier alpha value is -6.32. The summed E-state index contributed by atoms with van der Waals surface area (Å²) < 4.78 is 5.35. The number of fused-ring (bicyclic) bond motifs is 12. The molecule has 0 saturated carbocycles. The summed E-state index contributed by atoms with van der Waals surface area (Å²) in [5, 5.41) is 13.1. The van der Waals surface area contributed by atoms with E-state index in [1.807, 2.05) is 22.7 Å². The molecule has 0 nitrogen and oxygen atoms in total. The zero-order chi connectivity index (χ0) is 37.3. The van der Waals surface area contributed by atoms with E-state index in [9.17, 15) is 0 Å². The zero-order valence-corrected chi connectivity index (χ0v) is 32.8. The monoisotopic (exact) mass is 748 g/mol. The number of benzene rings is 9. The SMILES string of the molecule is C/C=C\C=C(/C)c1cccc2c1sc1c(-c3cccc(-c4cccc5c4sc4c(-c6ccc7c8ccccc8c8ccccc8c7c6)cccc45)c3)cccc12. The average molecular weight is 749 g/mol. The molecular formula is C54H36S2. The van der Waals surface area contributed by atoms with Crippen molar-refractivity contribution < 1.29 is 0 Å².